The van der Waals surface area contributed by atoms with Crippen LogP contribution in [0.4, 0.5) is 11.9 Å². The molecule has 2 heterocycles. The molecule has 1 aliphatic rings. The van der Waals surface area contributed by atoms with Gasteiger partial charge in [-0.25, -0.2) is 0 Å². The van der Waals surface area contributed by atoms with Crippen molar-refractivity contribution in [2.75, 3.05) is 51.9 Å². The molecule has 1 amide bonds. The quantitative estimate of drug-likeness (QED) is 0.857. The lowest BCUT2D eigenvalue weighted by molar-refractivity contribution is -0.134. The highest BCUT2D eigenvalue weighted by atomic mass is 16.2. The number of nitrogens with zero attached hydrogens (tertiary/aromatic N) is 6. The second kappa shape index (κ2) is 7.08. The van der Waals surface area contributed by atoms with E-state index >= 15 is 0 Å². The van der Waals surface area contributed by atoms with E-state index in [-0.39, 0.29) is 23.8 Å². The van der Waals surface area contributed by atoms with E-state index in [0.29, 0.717) is 11.8 Å². The molecule has 0 spiro atoms. The van der Waals surface area contributed by atoms with Gasteiger partial charge in [0.15, 0.2) is 5.82 Å². The Morgan fingerprint density at radius 2 is 1.78 bits per heavy atom. The summed E-state index contributed by atoms with van der Waals surface area (Å²) < 4.78 is 0. The van der Waals surface area contributed by atoms with Crippen molar-refractivity contribution in [2.45, 2.75) is 25.8 Å². The van der Waals surface area contributed by atoms with Gasteiger partial charge in [0.2, 0.25) is 17.8 Å². The Morgan fingerprint density at radius 3 is 2.30 bits per heavy atom. The second-order valence-corrected chi connectivity index (χ2v) is 6.47. The summed E-state index contributed by atoms with van der Waals surface area (Å²) in [6, 6.07) is 0.0504. The van der Waals surface area contributed by atoms with Gasteiger partial charge in [-0.1, -0.05) is 0 Å². The van der Waals surface area contributed by atoms with Gasteiger partial charge in [0.05, 0.1) is 6.04 Å². The van der Waals surface area contributed by atoms with Crippen LogP contribution in [0.15, 0.2) is 0 Å². The molecule has 2 N–H and O–H groups in total. The van der Waals surface area contributed by atoms with Gasteiger partial charge in [-0.05, 0) is 32.9 Å². The summed E-state index contributed by atoms with van der Waals surface area (Å²) in [5.41, 5.74) is 5.80. The Labute approximate surface area is 137 Å². The third kappa shape index (κ3) is 4.07. The zero-order valence-corrected chi connectivity index (χ0v) is 14.7. The molecule has 128 valence electrons. The van der Waals surface area contributed by atoms with E-state index < -0.39 is 0 Å². The van der Waals surface area contributed by atoms with Crippen LogP contribution in [0.1, 0.15) is 31.6 Å². The maximum absolute atomic E-state index is 12.1. The monoisotopic (exact) mass is 321 g/mol. The molecular weight excluding hydrogens is 294 g/mol. The molecule has 0 radical (unpaired) electrons. The number of hydrogen-bond donors (Lipinski definition) is 1. The van der Waals surface area contributed by atoms with E-state index in [4.69, 9.17) is 5.73 Å². The number of rotatable bonds is 4. The molecule has 1 aliphatic heterocycles. The number of anilines is 2. The Morgan fingerprint density at radius 1 is 1.17 bits per heavy atom. The van der Waals surface area contributed by atoms with E-state index in [1.807, 2.05) is 33.1 Å². The number of nitrogens with two attached hydrogens (primary N) is 1. The summed E-state index contributed by atoms with van der Waals surface area (Å²) in [4.78, 5) is 30.8. The van der Waals surface area contributed by atoms with Crippen molar-refractivity contribution < 1.29 is 4.79 Å². The normalized spacial score (nSPS) is 17.8. The van der Waals surface area contributed by atoms with Gasteiger partial charge in [0.1, 0.15) is 0 Å². The molecular formula is C15H27N7O. The highest BCUT2D eigenvalue weighted by molar-refractivity contribution is 5.78. The number of carbonyl (C=O) groups excluding carboxylic acids is 1. The lowest BCUT2D eigenvalue weighted by atomic mass is 9.94. The largest absolute Gasteiger partial charge is 0.368 e. The van der Waals surface area contributed by atoms with Crippen LogP contribution in [0.3, 0.4) is 0 Å². The molecule has 1 atom stereocenters. The average Bonchev–Trinajstić information content (AvgIpc) is 2.52. The number of nitrogen functional groups attached to an aromatic ring is 1. The molecule has 1 aromatic rings. The van der Waals surface area contributed by atoms with Crippen molar-refractivity contribution in [1.29, 1.82) is 0 Å². The van der Waals surface area contributed by atoms with Gasteiger partial charge in [0, 0.05) is 34.1 Å². The first-order chi connectivity index (χ1) is 10.8. The average molecular weight is 321 g/mol. The fraction of sp³-hybridized carbons (Fsp3) is 0.733. The lowest BCUT2D eigenvalue weighted by Gasteiger charge is -2.35. The molecule has 1 fully saturated rings. The molecule has 8 heteroatoms. The number of aromatic nitrogens is 3. The molecule has 0 unspecified atom stereocenters. The SMILES string of the molecule is C[C@H](c1nc(N)nc(N(C)C)n1)N1CCC(C(=O)N(C)C)CC1. The molecule has 0 aromatic carbocycles. The number of likely N-dealkylation sites (tertiary alicyclic amines) is 1. The van der Waals surface area contributed by atoms with Crippen molar-refractivity contribution in [1.82, 2.24) is 24.8 Å². The third-order valence-electron chi connectivity index (χ3n) is 4.30. The lowest BCUT2D eigenvalue weighted by Crippen LogP contribution is -2.41. The fourth-order valence-electron chi connectivity index (χ4n) is 2.85. The first-order valence-corrected chi connectivity index (χ1v) is 7.93. The number of carbonyl (C=O) groups is 1. The van der Waals surface area contributed by atoms with Gasteiger partial charge in [0.25, 0.3) is 0 Å². The van der Waals surface area contributed by atoms with E-state index in [2.05, 4.69) is 26.8 Å². The van der Waals surface area contributed by atoms with Crippen molar-refractivity contribution in [3.63, 3.8) is 0 Å². The summed E-state index contributed by atoms with van der Waals surface area (Å²) >= 11 is 0. The molecule has 1 saturated heterocycles. The summed E-state index contributed by atoms with van der Waals surface area (Å²) in [6.07, 6.45) is 1.73. The standard InChI is InChI=1S/C15H27N7O/c1-10(12-17-14(16)19-15(18-12)21(4)5)22-8-6-11(7-9-22)13(23)20(2)3/h10-11H,6-9H2,1-5H3,(H2,16,17,18,19)/t10-/m1/s1. The molecule has 1 aromatic heterocycles. The summed E-state index contributed by atoms with van der Waals surface area (Å²) in [5, 5.41) is 0. The number of hydrogen-bond acceptors (Lipinski definition) is 7. The van der Waals surface area contributed by atoms with Gasteiger partial charge in [-0.15, -0.1) is 0 Å². The van der Waals surface area contributed by atoms with Gasteiger partial charge >= 0.3 is 0 Å². The van der Waals surface area contributed by atoms with Gasteiger partial charge in [-0.2, -0.15) is 15.0 Å². The Balaban J connectivity index is 2.05. The third-order valence-corrected chi connectivity index (χ3v) is 4.30. The Hall–Kier alpha value is -1.96. The van der Waals surface area contributed by atoms with E-state index in [1.54, 1.807) is 4.90 Å². The van der Waals surface area contributed by atoms with Crippen LogP contribution >= 0.6 is 0 Å². The zero-order valence-electron chi connectivity index (χ0n) is 14.7. The van der Waals surface area contributed by atoms with E-state index in [1.165, 1.54) is 0 Å². The summed E-state index contributed by atoms with van der Waals surface area (Å²) in [5.74, 6) is 1.82. The minimum Gasteiger partial charge on any atom is -0.368 e. The second-order valence-electron chi connectivity index (χ2n) is 6.47. The Kier molecular flexibility index (Phi) is 5.35. The first kappa shape index (κ1) is 17.4. The predicted octanol–water partition coefficient (Wildman–Crippen LogP) is 0.381. The summed E-state index contributed by atoms with van der Waals surface area (Å²) in [7, 11) is 7.38. The van der Waals surface area contributed by atoms with Crippen molar-refractivity contribution in [3.8, 4) is 0 Å². The van der Waals surface area contributed by atoms with Crippen molar-refractivity contribution in [2.24, 2.45) is 5.92 Å². The topological polar surface area (TPSA) is 91.5 Å². The van der Waals surface area contributed by atoms with Crippen LogP contribution in [0.5, 0.6) is 0 Å². The maximum atomic E-state index is 12.1. The predicted molar refractivity (Wildman–Crippen MR) is 90.0 cm³/mol. The van der Waals surface area contributed by atoms with Crippen LogP contribution < -0.4 is 10.6 Å². The molecule has 2 rings (SSSR count). The first-order valence-electron chi connectivity index (χ1n) is 7.93. The smallest absolute Gasteiger partial charge is 0.229 e. The molecule has 23 heavy (non-hydrogen) atoms. The highest BCUT2D eigenvalue weighted by Gasteiger charge is 2.29. The number of piperidine rings is 1. The van der Waals surface area contributed by atoms with Gasteiger partial charge < -0.3 is 15.5 Å². The van der Waals surface area contributed by atoms with E-state index in [0.717, 1.165) is 25.9 Å². The molecule has 0 saturated carbocycles. The minimum atomic E-state index is 0.0504. The summed E-state index contributed by atoms with van der Waals surface area (Å²) in [6.45, 7) is 3.78. The highest BCUT2D eigenvalue weighted by Crippen LogP contribution is 2.26. The Bertz CT molecular complexity index is 553. The number of amides is 1. The molecule has 0 bridgehead atoms. The van der Waals surface area contributed by atoms with Gasteiger partial charge in [-0.3, -0.25) is 9.69 Å². The van der Waals surface area contributed by atoms with E-state index in [9.17, 15) is 4.79 Å². The molecule has 0 aliphatic carbocycles. The minimum absolute atomic E-state index is 0.0504. The van der Waals surface area contributed by atoms with Crippen LogP contribution in [-0.4, -0.2) is 71.9 Å². The van der Waals surface area contributed by atoms with Crippen LogP contribution in [0.2, 0.25) is 0 Å². The molecule has 8 nitrogen and oxygen atoms in total. The van der Waals surface area contributed by atoms with Crippen molar-refractivity contribution >= 4 is 17.8 Å². The maximum Gasteiger partial charge on any atom is 0.229 e. The van der Waals surface area contributed by atoms with Crippen LogP contribution in [0.25, 0.3) is 0 Å². The van der Waals surface area contributed by atoms with Crippen LogP contribution in [-0.2, 0) is 4.79 Å². The fourth-order valence-corrected chi connectivity index (χ4v) is 2.85. The van der Waals surface area contributed by atoms with Crippen LogP contribution in [0, 0.1) is 5.92 Å². The zero-order chi connectivity index (χ0) is 17.1. The van der Waals surface area contributed by atoms with Crippen molar-refractivity contribution in [3.05, 3.63) is 5.82 Å².